The quantitative estimate of drug-likeness (QED) is 0.0402. The molecule has 70 heavy (non-hydrogen) atoms. The van der Waals surface area contributed by atoms with Crippen molar-refractivity contribution in [2.24, 2.45) is 23.5 Å². The Morgan fingerprint density at radius 1 is 0.871 bits per heavy atom. The van der Waals surface area contributed by atoms with E-state index in [2.05, 4.69) is 40.2 Å². The molecule has 3 rings (SSSR count). The number of thiazole rings is 1. The zero-order chi connectivity index (χ0) is 51.4. The number of hydrogen-bond donors (Lipinski definition) is 6. The predicted octanol–water partition coefficient (Wildman–Crippen LogP) is 5.12. The van der Waals surface area contributed by atoms with Crippen molar-refractivity contribution in [1.82, 2.24) is 36.3 Å². The van der Waals surface area contributed by atoms with Crippen LogP contribution in [0.5, 0.6) is 5.75 Å². The number of nitrogens with two attached hydrogens (primary N) is 1. The van der Waals surface area contributed by atoms with E-state index in [9.17, 15) is 29.1 Å². The number of piperidine rings is 1. The minimum absolute atomic E-state index is 0.0264. The first-order chi connectivity index (χ1) is 33.6. The standard InChI is InChI=1S/C50H84N8O11S/c1-9-20-58(49(63)44(35(6)11-3)54-47(62)41-14-12-13-21-57(41)8)42(34(4)5)32-43(68-22-10-2)48-53-40(33-70-48)46(61)52-38(31-37-15-17-39(59)18-16-37)30-36(7)45(60)55-56-50(64)69-29-28-67-27-26-66-25-24-65-23-19-51/h15-18,33-36,38,41-44,59H,9-14,19-32,51H2,1-8H3,(H,52,61)(H,54,62)(H,55,60)(H,56,64)/t35-,36-,38+,41+,42+,43+,44-/m0/s1. The summed E-state index contributed by atoms with van der Waals surface area (Å²) in [4.78, 5) is 76.8. The SMILES string of the molecule is CCCO[C@H](C[C@H](C(C)C)N(CCC)C(=O)[C@@H](NC(=O)[C@H]1CCCCN1C)[C@@H](C)CC)c1nc(C(=O)N[C@@H](Cc2ccc(O)cc2)C[C@H](C)C(=O)NNC(=O)OCCOCCOCCOCCN)cs1. The number of nitrogens with zero attached hydrogens (tertiary/aromatic N) is 3. The molecular formula is C50H84N8O11S. The Labute approximate surface area is 420 Å². The topological polar surface area (TPSA) is 245 Å². The summed E-state index contributed by atoms with van der Waals surface area (Å²) in [5.41, 5.74) is 11.0. The third-order valence-corrected chi connectivity index (χ3v) is 13.3. The lowest BCUT2D eigenvalue weighted by atomic mass is 9.92. The molecule has 1 aliphatic rings. The van der Waals surface area contributed by atoms with E-state index < -0.39 is 42.0 Å². The molecule has 1 aromatic heterocycles. The van der Waals surface area contributed by atoms with E-state index in [0.29, 0.717) is 77.0 Å². The van der Waals surface area contributed by atoms with Gasteiger partial charge in [-0.25, -0.2) is 15.2 Å². The highest BCUT2D eigenvalue weighted by molar-refractivity contribution is 7.09. The molecule has 0 bridgehead atoms. The molecule has 0 spiro atoms. The maximum atomic E-state index is 14.8. The number of benzene rings is 1. The molecule has 396 valence electrons. The van der Waals surface area contributed by atoms with Crippen molar-refractivity contribution in [1.29, 1.82) is 0 Å². The summed E-state index contributed by atoms with van der Waals surface area (Å²) in [6, 6.07) is 4.83. The molecule has 1 aliphatic heterocycles. The Kier molecular flexibility index (Phi) is 28.4. The second-order valence-electron chi connectivity index (χ2n) is 18.4. The predicted molar refractivity (Wildman–Crippen MR) is 269 cm³/mol. The van der Waals surface area contributed by atoms with E-state index in [-0.39, 0.29) is 66.8 Å². The van der Waals surface area contributed by atoms with Crippen LogP contribution >= 0.6 is 11.3 Å². The Balaban J connectivity index is 1.71. The van der Waals surface area contributed by atoms with Crippen LogP contribution < -0.4 is 27.2 Å². The van der Waals surface area contributed by atoms with Gasteiger partial charge in [-0.15, -0.1) is 11.3 Å². The summed E-state index contributed by atoms with van der Waals surface area (Å²) in [6.45, 7) is 18.3. The largest absolute Gasteiger partial charge is 0.508 e. The van der Waals surface area contributed by atoms with Gasteiger partial charge in [-0.3, -0.25) is 29.5 Å². The first-order valence-electron chi connectivity index (χ1n) is 25.3. The molecule has 7 atom stereocenters. The molecule has 2 heterocycles. The second kappa shape index (κ2) is 33.3. The van der Waals surface area contributed by atoms with Crippen LogP contribution in [-0.2, 0) is 44.5 Å². The third kappa shape index (κ3) is 21.1. The van der Waals surface area contributed by atoms with Crippen molar-refractivity contribution < 1.29 is 52.8 Å². The molecule has 0 unspecified atom stereocenters. The number of aromatic nitrogens is 1. The highest BCUT2D eigenvalue weighted by Gasteiger charge is 2.38. The van der Waals surface area contributed by atoms with Crippen molar-refractivity contribution in [3.05, 3.63) is 45.9 Å². The van der Waals surface area contributed by atoms with Crippen molar-refractivity contribution in [3.63, 3.8) is 0 Å². The maximum Gasteiger partial charge on any atom is 0.426 e. The number of likely N-dealkylation sites (tertiary alicyclic amines) is 1. The van der Waals surface area contributed by atoms with E-state index in [1.807, 2.05) is 39.6 Å². The molecule has 1 aromatic carbocycles. The lowest BCUT2D eigenvalue weighted by molar-refractivity contribution is -0.143. The Morgan fingerprint density at radius 3 is 2.16 bits per heavy atom. The molecule has 0 saturated carbocycles. The van der Waals surface area contributed by atoms with Crippen LogP contribution in [0.25, 0.3) is 0 Å². The van der Waals surface area contributed by atoms with E-state index in [1.165, 1.54) is 11.3 Å². The molecular weight excluding hydrogens is 921 g/mol. The first-order valence-corrected chi connectivity index (χ1v) is 26.1. The average Bonchev–Trinajstić information content (AvgIpc) is 3.84. The number of aromatic hydroxyl groups is 1. The van der Waals surface area contributed by atoms with Crippen molar-refractivity contribution in [2.45, 2.75) is 137 Å². The van der Waals surface area contributed by atoms with Crippen molar-refractivity contribution in [3.8, 4) is 5.75 Å². The fourth-order valence-corrected chi connectivity index (χ4v) is 9.07. The van der Waals surface area contributed by atoms with E-state index in [1.54, 1.807) is 36.6 Å². The molecule has 1 saturated heterocycles. The van der Waals surface area contributed by atoms with Gasteiger partial charge in [-0.2, -0.15) is 0 Å². The number of phenols is 1. The average molecular weight is 1010 g/mol. The summed E-state index contributed by atoms with van der Waals surface area (Å²) in [6.07, 6.45) is 4.53. The molecule has 0 aliphatic carbocycles. The maximum absolute atomic E-state index is 14.8. The molecule has 5 amide bonds. The molecule has 20 heteroatoms. The Bertz CT molecular complexity index is 1840. The zero-order valence-corrected chi connectivity index (χ0v) is 43.8. The Hall–Kier alpha value is -4.44. The number of carbonyl (C=O) groups excluding carboxylic acids is 5. The first kappa shape index (κ1) is 59.9. The van der Waals surface area contributed by atoms with Crippen LogP contribution in [0.2, 0.25) is 0 Å². The van der Waals surface area contributed by atoms with Gasteiger partial charge in [0, 0.05) is 49.5 Å². The molecule has 0 radical (unpaired) electrons. The number of likely N-dealkylation sites (N-methyl/N-ethyl adjacent to an activating group) is 1. The van der Waals surface area contributed by atoms with Crippen LogP contribution in [0.15, 0.2) is 29.6 Å². The number of amides is 5. The van der Waals surface area contributed by atoms with Gasteiger partial charge in [0.15, 0.2) is 0 Å². The van der Waals surface area contributed by atoms with Gasteiger partial charge >= 0.3 is 6.09 Å². The van der Waals surface area contributed by atoms with Crippen LogP contribution in [0.4, 0.5) is 4.79 Å². The third-order valence-electron chi connectivity index (χ3n) is 12.4. The van der Waals surface area contributed by atoms with Crippen LogP contribution in [-0.4, -0.2) is 153 Å². The van der Waals surface area contributed by atoms with Gasteiger partial charge in [0.1, 0.15) is 35.2 Å². The van der Waals surface area contributed by atoms with Gasteiger partial charge in [-0.05, 0) is 81.6 Å². The fraction of sp³-hybridized carbons (Fsp3) is 0.720. The molecule has 1 fully saturated rings. The minimum atomic E-state index is -0.863. The van der Waals surface area contributed by atoms with Gasteiger partial charge in [-0.1, -0.05) is 73.4 Å². The summed E-state index contributed by atoms with van der Waals surface area (Å²) in [7, 11) is 1.97. The summed E-state index contributed by atoms with van der Waals surface area (Å²) in [5, 5.41) is 18.5. The minimum Gasteiger partial charge on any atom is -0.508 e. The van der Waals surface area contributed by atoms with Crippen LogP contribution in [0, 0.1) is 17.8 Å². The van der Waals surface area contributed by atoms with E-state index >= 15 is 0 Å². The smallest absolute Gasteiger partial charge is 0.426 e. The normalized spacial score (nSPS) is 16.6. The van der Waals surface area contributed by atoms with Crippen LogP contribution in [0.1, 0.15) is 127 Å². The van der Waals surface area contributed by atoms with Crippen molar-refractivity contribution >= 4 is 41.1 Å². The monoisotopic (exact) mass is 1000 g/mol. The number of carbonyl (C=O) groups is 5. The number of phenolic OH excluding ortho intramolecular Hbond substituents is 1. The van der Waals surface area contributed by atoms with E-state index in [4.69, 9.17) is 34.4 Å². The number of hydrazine groups is 1. The lowest BCUT2D eigenvalue weighted by Gasteiger charge is -2.40. The van der Waals surface area contributed by atoms with E-state index in [0.717, 1.165) is 44.2 Å². The van der Waals surface area contributed by atoms with Crippen molar-refractivity contribution in [2.75, 3.05) is 79.5 Å². The van der Waals surface area contributed by atoms with Gasteiger partial charge in [0.25, 0.3) is 5.91 Å². The van der Waals surface area contributed by atoms with Crippen LogP contribution in [0.3, 0.4) is 0 Å². The highest BCUT2D eigenvalue weighted by Crippen LogP contribution is 2.32. The molecule has 7 N–H and O–H groups in total. The second-order valence-corrected chi connectivity index (χ2v) is 19.3. The number of ether oxygens (including phenoxy) is 5. The van der Waals surface area contributed by atoms with Gasteiger partial charge in [0.2, 0.25) is 17.7 Å². The number of nitrogens with one attached hydrogen (secondary N) is 4. The summed E-state index contributed by atoms with van der Waals surface area (Å²) in [5.74, 6) is -1.79. The van der Waals surface area contributed by atoms with Gasteiger partial charge in [0.05, 0.1) is 45.7 Å². The Morgan fingerprint density at radius 2 is 1.54 bits per heavy atom. The summed E-state index contributed by atoms with van der Waals surface area (Å²) >= 11 is 1.31. The summed E-state index contributed by atoms with van der Waals surface area (Å²) < 4.78 is 27.6. The zero-order valence-electron chi connectivity index (χ0n) is 43.0. The molecule has 2 aromatic rings. The number of rotatable bonds is 33. The van der Waals surface area contributed by atoms with Gasteiger partial charge < -0.3 is 50.1 Å². The highest BCUT2D eigenvalue weighted by atomic mass is 32.1. The fourth-order valence-electron chi connectivity index (χ4n) is 8.21. The molecule has 19 nitrogen and oxygen atoms in total. The number of hydrogen-bond acceptors (Lipinski definition) is 15. The lowest BCUT2D eigenvalue weighted by Crippen LogP contribution is -2.58.